The summed E-state index contributed by atoms with van der Waals surface area (Å²) in [4.78, 5) is 8.98. The molecule has 6 nitrogen and oxygen atoms in total. The van der Waals surface area contributed by atoms with Crippen LogP contribution in [0, 0.1) is 0 Å². The predicted octanol–water partition coefficient (Wildman–Crippen LogP) is 0.716. The molecule has 2 N–H and O–H groups in total. The number of fused-ring (bicyclic) bond motifs is 1. The molecule has 0 fully saturated rings. The van der Waals surface area contributed by atoms with Crippen LogP contribution in [0.2, 0.25) is 0 Å². The van der Waals surface area contributed by atoms with Gasteiger partial charge in [-0.3, -0.25) is 9.97 Å². The highest BCUT2D eigenvalue weighted by Crippen LogP contribution is 2.25. The second-order valence-electron chi connectivity index (χ2n) is 9.44. The maximum atomic E-state index is 10.2. The average Bonchev–Trinajstić information content (AvgIpc) is 2.56. The summed E-state index contributed by atoms with van der Waals surface area (Å²) < 4.78 is 11.8. The first-order chi connectivity index (χ1) is 12.6. The molecule has 0 spiro atoms. The minimum Gasteiger partial charge on any atom is -0.427 e. The molecule has 2 aromatic rings. The van der Waals surface area contributed by atoms with E-state index in [0.29, 0.717) is 15.0 Å². The van der Waals surface area contributed by atoms with Gasteiger partial charge >= 0.3 is 15.0 Å². The van der Waals surface area contributed by atoms with Crippen LogP contribution >= 0.6 is 0 Å². The molecule has 152 valence electrons. The summed E-state index contributed by atoms with van der Waals surface area (Å²) in [5.41, 5.74) is 0.0328. The van der Waals surface area contributed by atoms with E-state index in [1.54, 1.807) is 40.1 Å². The molecule has 2 rings (SSSR count). The number of aliphatic hydroxyl groups is 2. The van der Waals surface area contributed by atoms with E-state index >= 15 is 0 Å². The molecule has 8 heteroatoms. The molecule has 0 bridgehead atoms. The molecule has 0 aliphatic heterocycles. The van der Waals surface area contributed by atoms with Crippen LogP contribution in [0.1, 0.15) is 55.4 Å². The summed E-state index contributed by atoms with van der Waals surface area (Å²) in [6.07, 6.45) is 3.52. The van der Waals surface area contributed by atoms with E-state index < -0.39 is 22.4 Å². The Balaban J connectivity index is 2.10. The Labute approximate surface area is 169 Å². The number of aromatic nitrogens is 2. The molecule has 2 heterocycles. The van der Waals surface area contributed by atoms with Crippen LogP contribution in [0.5, 0.6) is 0 Å². The Hall–Kier alpha value is -1.47. The van der Waals surface area contributed by atoms with Crippen molar-refractivity contribution in [1.82, 2.24) is 9.97 Å². The van der Waals surface area contributed by atoms with Crippen molar-refractivity contribution in [3.63, 3.8) is 0 Å². The summed E-state index contributed by atoms with van der Waals surface area (Å²) in [6.45, 7) is 14.4. The van der Waals surface area contributed by atoms with Crippen LogP contribution in [-0.2, 0) is 9.31 Å². The van der Waals surface area contributed by atoms with Gasteiger partial charge < -0.3 is 19.5 Å². The number of pyridine rings is 2. The standard InChI is InChI=1S/C20H32B2N2O4/c1-17(2,25)19(5,6)27-21-13-9-15-16(23-11-13)10-14(12-24-15)22-28-20(7,8)18(3,4)26/h9-12,21-22,25-26H,1-8H3. The molecular formula is C20H32B2N2O4. The van der Waals surface area contributed by atoms with E-state index in [9.17, 15) is 10.2 Å². The lowest BCUT2D eigenvalue weighted by atomic mass is 9.82. The molecule has 0 aliphatic carbocycles. The van der Waals surface area contributed by atoms with E-state index in [-0.39, 0.29) is 0 Å². The largest absolute Gasteiger partial charge is 0.427 e. The van der Waals surface area contributed by atoms with Crippen molar-refractivity contribution in [2.75, 3.05) is 0 Å². The van der Waals surface area contributed by atoms with Crippen LogP contribution in [0.4, 0.5) is 0 Å². The number of nitrogens with zero attached hydrogens (tertiary/aromatic N) is 2. The van der Waals surface area contributed by atoms with E-state index in [1.165, 1.54) is 0 Å². The number of hydrogen-bond donors (Lipinski definition) is 2. The normalized spacial score (nSPS) is 13.6. The van der Waals surface area contributed by atoms with Crippen LogP contribution < -0.4 is 10.9 Å². The Bertz CT molecular complexity index is 758. The molecule has 0 saturated heterocycles. The molecule has 28 heavy (non-hydrogen) atoms. The Morgan fingerprint density at radius 1 is 0.679 bits per heavy atom. The highest BCUT2D eigenvalue weighted by molar-refractivity contribution is 6.48. The minimum absolute atomic E-state index is 0.340. The number of rotatable bonds is 8. The van der Waals surface area contributed by atoms with Crippen molar-refractivity contribution in [2.24, 2.45) is 0 Å². The average molecular weight is 386 g/mol. The first-order valence-electron chi connectivity index (χ1n) is 9.59. The smallest absolute Gasteiger partial charge is 0.311 e. The van der Waals surface area contributed by atoms with Crippen LogP contribution in [-0.4, -0.2) is 57.5 Å². The lowest BCUT2D eigenvalue weighted by Gasteiger charge is -2.37. The van der Waals surface area contributed by atoms with Gasteiger partial charge in [-0.25, -0.2) is 0 Å². The number of hydrogen-bond acceptors (Lipinski definition) is 6. The van der Waals surface area contributed by atoms with E-state index in [1.807, 2.05) is 39.8 Å². The van der Waals surface area contributed by atoms with Gasteiger partial charge in [-0.1, -0.05) is 0 Å². The molecule has 0 aliphatic rings. The van der Waals surface area contributed by atoms with Crippen molar-refractivity contribution >= 4 is 36.9 Å². The first kappa shape index (κ1) is 22.8. The molecule has 0 saturated carbocycles. The maximum Gasteiger partial charge on any atom is 0.311 e. The molecule has 0 radical (unpaired) electrons. The zero-order valence-electron chi connectivity index (χ0n) is 18.3. The Morgan fingerprint density at radius 3 is 1.29 bits per heavy atom. The molecule has 0 unspecified atom stereocenters. The van der Waals surface area contributed by atoms with Crippen LogP contribution in [0.25, 0.3) is 11.0 Å². The van der Waals surface area contributed by atoms with Crippen LogP contribution in [0.3, 0.4) is 0 Å². The lowest BCUT2D eigenvalue weighted by Crippen LogP contribution is -2.49. The zero-order chi connectivity index (χ0) is 21.4. The summed E-state index contributed by atoms with van der Waals surface area (Å²) >= 11 is 0. The maximum absolute atomic E-state index is 10.2. The van der Waals surface area contributed by atoms with Crippen molar-refractivity contribution < 1.29 is 19.5 Å². The summed E-state index contributed by atoms with van der Waals surface area (Å²) in [5, 5.41) is 20.4. The van der Waals surface area contributed by atoms with Gasteiger partial charge in [0.15, 0.2) is 0 Å². The van der Waals surface area contributed by atoms with Gasteiger partial charge in [0.25, 0.3) is 0 Å². The first-order valence-corrected chi connectivity index (χ1v) is 9.59. The highest BCUT2D eigenvalue weighted by Gasteiger charge is 2.36. The fraction of sp³-hybridized carbons (Fsp3) is 0.600. The molecule has 2 aromatic heterocycles. The molecule has 0 aromatic carbocycles. The predicted molar refractivity (Wildman–Crippen MR) is 116 cm³/mol. The van der Waals surface area contributed by atoms with Crippen molar-refractivity contribution in [2.45, 2.75) is 77.8 Å². The third-order valence-corrected chi connectivity index (χ3v) is 5.79. The fourth-order valence-corrected chi connectivity index (χ4v) is 2.12. The van der Waals surface area contributed by atoms with Gasteiger partial charge in [0.1, 0.15) is 0 Å². The highest BCUT2D eigenvalue weighted by atomic mass is 16.5. The van der Waals surface area contributed by atoms with E-state index in [4.69, 9.17) is 9.31 Å². The Morgan fingerprint density at radius 2 is 1.00 bits per heavy atom. The van der Waals surface area contributed by atoms with Gasteiger partial charge in [-0.2, -0.15) is 0 Å². The zero-order valence-corrected chi connectivity index (χ0v) is 18.3. The lowest BCUT2D eigenvalue weighted by molar-refractivity contribution is -0.0893. The minimum atomic E-state index is -0.957. The summed E-state index contributed by atoms with van der Waals surface area (Å²) in [7, 11) is 0.679. The van der Waals surface area contributed by atoms with Gasteiger partial charge in [0, 0.05) is 12.4 Å². The monoisotopic (exact) mass is 386 g/mol. The van der Waals surface area contributed by atoms with Gasteiger partial charge in [0.2, 0.25) is 0 Å². The third-order valence-electron chi connectivity index (χ3n) is 5.79. The van der Waals surface area contributed by atoms with Crippen LogP contribution in [0.15, 0.2) is 24.5 Å². The van der Waals surface area contributed by atoms with E-state index in [2.05, 4.69) is 9.97 Å². The quantitative estimate of drug-likeness (QED) is 0.651. The SMILES string of the molecule is CC(C)(O)C(C)(C)OBc1cnc2cc(BOC(C)(C)C(C)(C)O)cnc2c1. The van der Waals surface area contributed by atoms with Gasteiger partial charge in [-0.15, -0.1) is 0 Å². The van der Waals surface area contributed by atoms with Gasteiger partial charge in [0.05, 0.1) is 33.4 Å². The molecule has 0 atom stereocenters. The Kier molecular flexibility index (Phi) is 6.31. The topological polar surface area (TPSA) is 84.7 Å². The summed E-state index contributed by atoms with van der Waals surface area (Å²) in [6, 6.07) is 3.88. The molecule has 0 amide bonds. The summed E-state index contributed by atoms with van der Waals surface area (Å²) in [5.74, 6) is 0. The van der Waals surface area contributed by atoms with Crippen molar-refractivity contribution in [1.29, 1.82) is 0 Å². The van der Waals surface area contributed by atoms with Gasteiger partial charge in [-0.05, 0) is 78.4 Å². The molecular weight excluding hydrogens is 354 g/mol. The van der Waals surface area contributed by atoms with Crippen molar-refractivity contribution in [3.05, 3.63) is 24.5 Å². The van der Waals surface area contributed by atoms with Crippen molar-refractivity contribution in [3.8, 4) is 0 Å². The van der Waals surface area contributed by atoms with E-state index in [0.717, 1.165) is 22.0 Å². The fourth-order valence-electron chi connectivity index (χ4n) is 2.12. The third kappa shape index (κ3) is 5.32. The second-order valence-corrected chi connectivity index (χ2v) is 9.44. The second kappa shape index (κ2) is 7.75.